The number of nitrogens with one attached hydrogen (secondary N) is 1. The van der Waals surface area contributed by atoms with Crippen LogP contribution >= 0.6 is 0 Å². The van der Waals surface area contributed by atoms with Gasteiger partial charge in [0.2, 0.25) is 0 Å². The van der Waals surface area contributed by atoms with E-state index in [2.05, 4.69) is 39.1 Å². The molecule has 3 fully saturated rings. The third kappa shape index (κ3) is 4.73. The third-order valence-corrected chi connectivity index (χ3v) is 11.0. The normalized spacial score (nSPS) is 37.6. The van der Waals surface area contributed by atoms with Crippen molar-refractivity contribution in [3.05, 3.63) is 59.6 Å². The zero-order valence-electron chi connectivity index (χ0n) is 23.5. The molecule has 1 aromatic heterocycles. The van der Waals surface area contributed by atoms with Crippen molar-refractivity contribution in [3.8, 4) is 0 Å². The molecule has 2 aromatic rings. The topological polar surface area (TPSA) is 42.5 Å². The summed E-state index contributed by atoms with van der Waals surface area (Å²) in [5.41, 5.74) is 2.84. The molecule has 7 rings (SSSR count). The van der Waals surface area contributed by atoms with Gasteiger partial charge in [-0.2, -0.15) is 0 Å². The Kier molecular flexibility index (Phi) is 6.97. The lowest BCUT2D eigenvalue weighted by Gasteiger charge is -2.58. The lowest BCUT2D eigenvalue weighted by molar-refractivity contribution is -0.0983. The van der Waals surface area contributed by atoms with Gasteiger partial charge in [0.05, 0.1) is 5.60 Å². The number of aromatic amines is 1. The Balaban J connectivity index is 1.33. The zero-order chi connectivity index (χ0) is 26.5. The monoisotopic (exact) mass is 531 g/mol. The summed E-state index contributed by atoms with van der Waals surface area (Å²) in [6.45, 7) is 4.61. The molecule has 5 heterocycles. The first-order chi connectivity index (χ1) is 19.0. The highest BCUT2D eigenvalue weighted by Gasteiger charge is 2.65. The van der Waals surface area contributed by atoms with E-state index in [4.69, 9.17) is 0 Å². The average molecular weight is 532 g/mol. The standard InChI is InChI=1S/C34H46FN3O/c35-27-12-13-31-25(19-27)20-28(36-31)21-26-22-34(39)15-8-4-1-2-5-9-16-37-18-14-30(26)33(24-37)23-29-11-7-3-6-10-17-38(29)32(33)34/h1,4,12-13,19-20,22,29-30,32,36,39H,2-3,5-11,14-18,21,23-24H2/t29-,30-,32+,33-,34-/m0/s1. The number of H-pyrrole nitrogens is 1. The van der Waals surface area contributed by atoms with Gasteiger partial charge in [-0.25, -0.2) is 4.39 Å². The molecule has 0 saturated carbocycles. The minimum atomic E-state index is -0.820. The van der Waals surface area contributed by atoms with Crippen molar-refractivity contribution in [3.63, 3.8) is 0 Å². The summed E-state index contributed by atoms with van der Waals surface area (Å²) in [4.78, 5) is 9.17. The first-order valence-electron chi connectivity index (χ1n) is 15.9. The molecule has 3 saturated heterocycles. The molecule has 3 bridgehead atoms. The molecule has 0 amide bonds. The molecule has 4 aliphatic heterocycles. The van der Waals surface area contributed by atoms with Gasteiger partial charge >= 0.3 is 0 Å². The highest BCUT2D eigenvalue weighted by Crippen LogP contribution is 2.60. The SMILES string of the molecule is O[C@]12C=C(Cc3cc4cc(F)ccc4[nH]3)[C@@H]3CCN(CCCCC=CCC1)C[C@@]31C[C@@H]3CCCCCCN3[C@H]12. The molecule has 5 aliphatic rings. The molecule has 1 aliphatic carbocycles. The van der Waals surface area contributed by atoms with Gasteiger partial charge in [-0.3, -0.25) is 4.90 Å². The zero-order valence-corrected chi connectivity index (χ0v) is 23.5. The van der Waals surface area contributed by atoms with Crippen molar-refractivity contribution in [2.24, 2.45) is 11.3 Å². The van der Waals surface area contributed by atoms with Crippen LogP contribution in [0.1, 0.15) is 82.7 Å². The van der Waals surface area contributed by atoms with E-state index < -0.39 is 5.60 Å². The van der Waals surface area contributed by atoms with Gasteiger partial charge in [0.25, 0.3) is 0 Å². The van der Waals surface area contributed by atoms with Crippen LogP contribution in [0.5, 0.6) is 0 Å². The van der Waals surface area contributed by atoms with Crippen LogP contribution in [0, 0.1) is 17.2 Å². The summed E-state index contributed by atoms with van der Waals surface area (Å²) >= 11 is 0. The van der Waals surface area contributed by atoms with Crippen LogP contribution in [0.2, 0.25) is 0 Å². The van der Waals surface area contributed by atoms with Crippen LogP contribution in [0.3, 0.4) is 0 Å². The second kappa shape index (κ2) is 10.5. The number of aromatic nitrogens is 1. The van der Waals surface area contributed by atoms with E-state index in [1.54, 1.807) is 6.07 Å². The van der Waals surface area contributed by atoms with Crippen LogP contribution < -0.4 is 0 Å². The molecule has 210 valence electrons. The Morgan fingerprint density at radius 2 is 1.82 bits per heavy atom. The lowest BCUT2D eigenvalue weighted by Crippen LogP contribution is -2.66. The van der Waals surface area contributed by atoms with E-state index in [1.165, 1.54) is 76.0 Å². The molecule has 1 spiro atoms. The number of fused-ring (bicyclic) bond motifs is 3. The molecule has 2 N–H and O–H groups in total. The summed E-state index contributed by atoms with van der Waals surface area (Å²) in [6.07, 6.45) is 22.2. The van der Waals surface area contributed by atoms with Gasteiger partial charge in [0.15, 0.2) is 0 Å². The van der Waals surface area contributed by atoms with Gasteiger partial charge in [0.1, 0.15) is 5.82 Å². The van der Waals surface area contributed by atoms with Gasteiger partial charge in [0, 0.05) is 47.1 Å². The quantitative estimate of drug-likeness (QED) is 0.421. The van der Waals surface area contributed by atoms with E-state index >= 15 is 0 Å². The van der Waals surface area contributed by atoms with Crippen molar-refractivity contribution in [2.75, 3.05) is 26.2 Å². The maximum Gasteiger partial charge on any atom is 0.123 e. The van der Waals surface area contributed by atoms with Crippen LogP contribution in [-0.4, -0.2) is 63.8 Å². The highest BCUT2D eigenvalue weighted by atomic mass is 19.1. The molecule has 39 heavy (non-hydrogen) atoms. The maximum absolute atomic E-state index is 14.0. The number of benzene rings is 1. The molecular formula is C34H46FN3O. The summed E-state index contributed by atoms with van der Waals surface area (Å²) in [7, 11) is 0. The summed E-state index contributed by atoms with van der Waals surface area (Å²) in [5, 5.41) is 13.8. The van der Waals surface area contributed by atoms with E-state index in [1.807, 2.05) is 6.07 Å². The summed E-state index contributed by atoms with van der Waals surface area (Å²) < 4.78 is 14.0. The Morgan fingerprint density at radius 3 is 2.77 bits per heavy atom. The van der Waals surface area contributed by atoms with E-state index in [0.717, 1.165) is 61.9 Å². The molecule has 6 atom stereocenters. The number of allylic oxidation sites excluding steroid dienone is 3. The predicted octanol–water partition coefficient (Wildman–Crippen LogP) is 6.76. The van der Waals surface area contributed by atoms with E-state index in [-0.39, 0.29) is 17.3 Å². The Labute approximate surface area is 233 Å². The first kappa shape index (κ1) is 26.0. The Hall–Kier alpha value is -1.95. The van der Waals surface area contributed by atoms with Gasteiger partial charge in [-0.15, -0.1) is 0 Å². The van der Waals surface area contributed by atoms with Gasteiger partial charge in [-0.1, -0.05) is 43.1 Å². The number of halogens is 1. The van der Waals surface area contributed by atoms with Crippen molar-refractivity contribution < 1.29 is 9.50 Å². The highest BCUT2D eigenvalue weighted by molar-refractivity contribution is 5.80. The second-order valence-electron chi connectivity index (χ2n) is 13.5. The third-order valence-electron chi connectivity index (χ3n) is 11.0. The molecular weight excluding hydrogens is 485 g/mol. The maximum atomic E-state index is 14.0. The molecule has 1 unspecified atom stereocenters. The molecule has 5 heteroatoms. The fraction of sp³-hybridized carbons (Fsp3) is 0.647. The Morgan fingerprint density at radius 1 is 0.949 bits per heavy atom. The van der Waals surface area contributed by atoms with Crippen molar-refractivity contribution in [1.82, 2.24) is 14.8 Å². The Bertz CT molecular complexity index is 1250. The molecule has 1 aromatic carbocycles. The molecule has 0 radical (unpaired) electrons. The second-order valence-corrected chi connectivity index (χ2v) is 13.5. The first-order valence-corrected chi connectivity index (χ1v) is 15.9. The van der Waals surface area contributed by atoms with Gasteiger partial charge < -0.3 is 15.0 Å². The fourth-order valence-electron chi connectivity index (χ4n) is 9.55. The predicted molar refractivity (Wildman–Crippen MR) is 156 cm³/mol. The van der Waals surface area contributed by atoms with Crippen molar-refractivity contribution >= 4 is 10.9 Å². The minimum Gasteiger partial charge on any atom is -0.384 e. The van der Waals surface area contributed by atoms with Crippen molar-refractivity contribution in [1.29, 1.82) is 0 Å². The summed E-state index contributed by atoms with van der Waals surface area (Å²) in [5.74, 6) is 0.310. The number of aliphatic hydroxyl groups is 1. The average Bonchev–Trinajstić information content (AvgIpc) is 3.42. The minimum absolute atomic E-state index is 0.0992. The smallest absolute Gasteiger partial charge is 0.123 e. The van der Waals surface area contributed by atoms with E-state index in [0.29, 0.717) is 12.0 Å². The largest absolute Gasteiger partial charge is 0.384 e. The van der Waals surface area contributed by atoms with Gasteiger partial charge in [-0.05, 0) is 108 Å². The van der Waals surface area contributed by atoms with Crippen LogP contribution in [0.4, 0.5) is 4.39 Å². The number of piperidine rings is 1. The van der Waals surface area contributed by atoms with Crippen molar-refractivity contribution in [2.45, 2.75) is 101 Å². The summed E-state index contributed by atoms with van der Waals surface area (Å²) in [6, 6.07) is 7.95. The number of hydrogen-bond acceptors (Lipinski definition) is 3. The van der Waals surface area contributed by atoms with Crippen LogP contribution in [-0.2, 0) is 6.42 Å². The number of rotatable bonds is 2. The van der Waals surface area contributed by atoms with Crippen LogP contribution in [0.15, 0.2) is 48.1 Å². The lowest BCUT2D eigenvalue weighted by atomic mass is 9.54. The van der Waals surface area contributed by atoms with E-state index in [9.17, 15) is 9.50 Å². The fourth-order valence-corrected chi connectivity index (χ4v) is 9.55. The number of hydrogen-bond donors (Lipinski definition) is 2. The number of nitrogens with zero attached hydrogens (tertiary/aromatic N) is 2. The molecule has 4 nitrogen and oxygen atoms in total. The van der Waals surface area contributed by atoms with Crippen LogP contribution in [0.25, 0.3) is 10.9 Å².